The summed E-state index contributed by atoms with van der Waals surface area (Å²) in [5.74, 6) is 0.611. The van der Waals surface area contributed by atoms with Gasteiger partial charge in [0.1, 0.15) is 11.5 Å². The lowest BCUT2D eigenvalue weighted by Gasteiger charge is -2.03. The van der Waals surface area contributed by atoms with Crippen LogP contribution in [0.25, 0.3) is 11.3 Å². The fourth-order valence-corrected chi connectivity index (χ4v) is 1.52. The summed E-state index contributed by atoms with van der Waals surface area (Å²) in [5.41, 5.74) is 3.40. The Hall–Kier alpha value is -2.03. The Morgan fingerprint density at radius 2 is 1.75 bits per heavy atom. The fraction of sp³-hybridized carbons (Fsp3) is 0.154. The second-order valence-corrected chi connectivity index (χ2v) is 3.71. The van der Waals surface area contributed by atoms with E-state index in [1.807, 2.05) is 31.2 Å². The molecule has 1 aromatic heterocycles. The van der Waals surface area contributed by atoms with Gasteiger partial charge in [-0.1, -0.05) is 29.8 Å². The van der Waals surface area contributed by atoms with Gasteiger partial charge in [-0.15, -0.1) is 0 Å². The second kappa shape index (κ2) is 4.23. The third-order valence-electron chi connectivity index (χ3n) is 2.33. The predicted molar refractivity (Wildman–Crippen MR) is 62.3 cm³/mol. The molecule has 3 heteroatoms. The quantitative estimate of drug-likeness (QED) is 0.718. The molecule has 0 saturated heterocycles. The van der Waals surface area contributed by atoms with Crippen LogP contribution in [0.1, 0.15) is 21.9 Å². The first-order chi connectivity index (χ1) is 7.69. The normalized spacial score (nSPS) is 10.1. The Kier molecular flexibility index (Phi) is 2.77. The highest BCUT2D eigenvalue weighted by Crippen LogP contribution is 2.17. The minimum atomic E-state index is 0.420. The monoisotopic (exact) mass is 212 g/mol. The minimum absolute atomic E-state index is 0.420. The van der Waals surface area contributed by atoms with Crippen LogP contribution >= 0.6 is 0 Å². The zero-order valence-corrected chi connectivity index (χ0v) is 9.27. The smallest absolute Gasteiger partial charge is 0.168 e. The number of rotatable bonds is 2. The van der Waals surface area contributed by atoms with E-state index in [0.29, 0.717) is 11.5 Å². The van der Waals surface area contributed by atoms with Crippen LogP contribution in [-0.2, 0) is 0 Å². The molecule has 3 nitrogen and oxygen atoms in total. The molecule has 0 saturated carbocycles. The van der Waals surface area contributed by atoms with Gasteiger partial charge < -0.3 is 0 Å². The van der Waals surface area contributed by atoms with E-state index in [1.165, 1.54) is 5.56 Å². The van der Waals surface area contributed by atoms with E-state index in [9.17, 15) is 4.79 Å². The molecule has 0 unspecified atom stereocenters. The van der Waals surface area contributed by atoms with Crippen LogP contribution in [0.2, 0.25) is 0 Å². The molecule has 2 rings (SSSR count). The number of carbonyl (C=O) groups excluding carboxylic acids is 1. The van der Waals surface area contributed by atoms with Crippen molar-refractivity contribution in [3.8, 4) is 11.3 Å². The number of hydrogen-bond acceptors (Lipinski definition) is 3. The lowest BCUT2D eigenvalue weighted by Crippen LogP contribution is -1.96. The summed E-state index contributed by atoms with van der Waals surface area (Å²) in [6.45, 7) is 3.82. The van der Waals surface area contributed by atoms with Crippen molar-refractivity contribution < 1.29 is 4.79 Å². The van der Waals surface area contributed by atoms with E-state index in [2.05, 4.69) is 9.97 Å². The Labute approximate surface area is 94.2 Å². The first-order valence-corrected chi connectivity index (χ1v) is 5.07. The van der Waals surface area contributed by atoms with Gasteiger partial charge in [-0.25, -0.2) is 9.97 Å². The second-order valence-electron chi connectivity index (χ2n) is 3.71. The predicted octanol–water partition coefficient (Wildman–Crippen LogP) is 2.57. The third kappa shape index (κ3) is 2.14. The summed E-state index contributed by atoms with van der Waals surface area (Å²) < 4.78 is 0. The maximum Gasteiger partial charge on any atom is 0.168 e. The van der Waals surface area contributed by atoms with Crippen LogP contribution < -0.4 is 0 Å². The highest BCUT2D eigenvalue weighted by molar-refractivity contribution is 5.75. The van der Waals surface area contributed by atoms with E-state index in [1.54, 1.807) is 13.0 Å². The van der Waals surface area contributed by atoms with Gasteiger partial charge in [0, 0.05) is 5.56 Å². The van der Waals surface area contributed by atoms with E-state index in [0.717, 1.165) is 17.5 Å². The minimum Gasteiger partial charge on any atom is -0.296 e. The standard InChI is InChI=1S/C13H12N2O/c1-9-3-5-11(6-4-9)13-7-12(8-16)14-10(2)15-13/h3-8H,1-2H3. The third-order valence-corrected chi connectivity index (χ3v) is 2.33. The average Bonchev–Trinajstić information content (AvgIpc) is 2.29. The van der Waals surface area contributed by atoms with Gasteiger partial charge in [-0.05, 0) is 19.9 Å². The van der Waals surface area contributed by atoms with Crippen LogP contribution in [0.3, 0.4) is 0 Å². The SMILES string of the molecule is Cc1ccc(-c2cc(C=O)nc(C)n2)cc1. The van der Waals surface area contributed by atoms with Crippen molar-refractivity contribution in [1.29, 1.82) is 0 Å². The molecular weight excluding hydrogens is 200 g/mol. The molecule has 0 spiro atoms. The Morgan fingerprint density at radius 3 is 2.38 bits per heavy atom. The molecule has 16 heavy (non-hydrogen) atoms. The molecule has 0 radical (unpaired) electrons. The molecule has 0 fully saturated rings. The Morgan fingerprint density at radius 1 is 1.06 bits per heavy atom. The summed E-state index contributed by atoms with van der Waals surface area (Å²) in [7, 11) is 0. The van der Waals surface area contributed by atoms with Crippen molar-refractivity contribution in [2.24, 2.45) is 0 Å². The molecule has 1 heterocycles. The molecule has 1 aromatic carbocycles. The highest BCUT2D eigenvalue weighted by atomic mass is 16.1. The van der Waals surface area contributed by atoms with Crippen molar-refractivity contribution in [2.75, 3.05) is 0 Å². The molecular formula is C13H12N2O. The lowest BCUT2D eigenvalue weighted by molar-refractivity contribution is 0.111. The topological polar surface area (TPSA) is 42.9 Å². The summed E-state index contributed by atoms with van der Waals surface area (Å²) in [4.78, 5) is 19.0. The zero-order valence-electron chi connectivity index (χ0n) is 9.27. The number of aryl methyl sites for hydroxylation is 2. The maximum absolute atomic E-state index is 10.7. The molecule has 0 bridgehead atoms. The number of aldehydes is 1. The number of nitrogens with zero attached hydrogens (tertiary/aromatic N) is 2. The fourth-order valence-electron chi connectivity index (χ4n) is 1.52. The largest absolute Gasteiger partial charge is 0.296 e. The maximum atomic E-state index is 10.7. The first-order valence-electron chi connectivity index (χ1n) is 5.07. The summed E-state index contributed by atoms with van der Waals surface area (Å²) in [5, 5.41) is 0. The number of hydrogen-bond donors (Lipinski definition) is 0. The van der Waals surface area contributed by atoms with Gasteiger partial charge in [-0.2, -0.15) is 0 Å². The first kappa shape index (κ1) is 10.5. The molecule has 80 valence electrons. The van der Waals surface area contributed by atoms with Crippen molar-refractivity contribution in [2.45, 2.75) is 13.8 Å². The number of carbonyl (C=O) groups is 1. The van der Waals surface area contributed by atoms with E-state index >= 15 is 0 Å². The lowest BCUT2D eigenvalue weighted by atomic mass is 10.1. The van der Waals surface area contributed by atoms with Crippen molar-refractivity contribution in [3.05, 3.63) is 47.4 Å². The van der Waals surface area contributed by atoms with Crippen LogP contribution in [0, 0.1) is 13.8 Å². The number of benzene rings is 1. The molecule has 0 amide bonds. The van der Waals surface area contributed by atoms with E-state index in [-0.39, 0.29) is 0 Å². The van der Waals surface area contributed by atoms with Gasteiger partial charge >= 0.3 is 0 Å². The molecule has 2 aromatic rings. The highest BCUT2D eigenvalue weighted by Gasteiger charge is 2.03. The van der Waals surface area contributed by atoms with Gasteiger partial charge in [-0.3, -0.25) is 4.79 Å². The zero-order chi connectivity index (χ0) is 11.5. The Bertz CT molecular complexity index is 518. The van der Waals surface area contributed by atoms with Crippen LogP contribution in [0.5, 0.6) is 0 Å². The Balaban J connectivity index is 2.51. The average molecular weight is 212 g/mol. The molecule has 0 aliphatic carbocycles. The molecule has 0 atom stereocenters. The number of aromatic nitrogens is 2. The molecule has 0 N–H and O–H groups in total. The summed E-state index contributed by atoms with van der Waals surface area (Å²) >= 11 is 0. The molecule has 0 aliphatic rings. The van der Waals surface area contributed by atoms with Crippen LogP contribution in [0.15, 0.2) is 30.3 Å². The van der Waals surface area contributed by atoms with Crippen LogP contribution in [0.4, 0.5) is 0 Å². The van der Waals surface area contributed by atoms with Gasteiger partial charge in [0.25, 0.3) is 0 Å². The van der Waals surface area contributed by atoms with Crippen molar-refractivity contribution >= 4 is 6.29 Å². The van der Waals surface area contributed by atoms with Gasteiger partial charge in [0.05, 0.1) is 5.69 Å². The van der Waals surface area contributed by atoms with Gasteiger partial charge in [0.15, 0.2) is 6.29 Å². The summed E-state index contributed by atoms with van der Waals surface area (Å²) in [6.07, 6.45) is 0.742. The van der Waals surface area contributed by atoms with Crippen molar-refractivity contribution in [1.82, 2.24) is 9.97 Å². The van der Waals surface area contributed by atoms with E-state index < -0.39 is 0 Å². The summed E-state index contributed by atoms with van der Waals surface area (Å²) in [6, 6.07) is 9.72. The molecule has 0 aliphatic heterocycles. The van der Waals surface area contributed by atoms with Gasteiger partial charge in [0.2, 0.25) is 0 Å². The van der Waals surface area contributed by atoms with Crippen molar-refractivity contribution in [3.63, 3.8) is 0 Å². The van der Waals surface area contributed by atoms with Crippen LogP contribution in [-0.4, -0.2) is 16.3 Å². The van der Waals surface area contributed by atoms with E-state index in [4.69, 9.17) is 0 Å².